The van der Waals surface area contributed by atoms with E-state index in [9.17, 15) is 9.59 Å². The Labute approximate surface area is 211 Å². The van der Waals surface area contributed by atoms with E-state index in [-0.39, 0.29) is 11.8 Å². The molecule has 6 heteroatoms. The second-order valence-electron chi connectivity index (χ2n) is 9.13. The highest BCUT2D eigenvalue weighted by Gasteiger charge is 2.22. The summed E-state index contributed by atoms with van der Waals surface area (Å²) in [4.78, 5) is 27.5. The second-order valence-corrected chi connectivity index (χ2v) is 9.13. The van der Waals surface area contributed by atoms with Gasteiger partial charge in [0.1, 0.15) is 0 Å². The molecule has 0 aliphatic carbocycles. The van der Waals surface area contributed by atoms with Gasteiger partial charge in [0.25, 0.3) is 11.8 Å². The normalized spacial score (nSPS) is 13.6. The average molecular weight is 482 g/mol. The molecule has 2 heterocycles. The van der Waals surface area contributed by atoms with Crippen molar-refractivity contribution in [1.82, 2.24) is 9.47 Å². The first-order valence-corrected chi connectivity index (χ1v) is 12.6. The maximum absolute atomic E-state index is 13.1. The summed E-state index contributed by atoms with van der Waals surface area (Å²) >= 11 is 0. The molecular formula is C30H31N3O3. The highest BCUT2D eigenvalue weighted by atomic mass is 16.5. The van der Waals surface area contributed by atoms with Crippen LogP contribution in [0.1, 0.15) is 39.1 Å². The third-order valence-electron chi connectivity index (χ3n) is 6.68. The summed E-state index contributed by atoms with van der Waals surface area (Å²) in [6.07, 6.45) is 4.98. The van der Waals surface area contributed by atoms with E-state index in [2.05, 4.69) is 16.0 Å². The zero-order valence-corrected chi connectivity index (χ0v) is 20.4. The van der Waals surface area contributed by atoms with E-state index < -0.39 is 0 Å². The van der Waals surface area contributed by atoms with Gasteiger partial charge < -0.3 is 19.5 Å². The van der Waals surface area contributed by atoms with Crippen LogP contribution in [0.3, 0.4) is 0 Å². The third kappa shape index (κ3) is 5.50. The second kappa shape index (κ2) is 11.2. The highest BCUT2D eigenvalue weighted by Crippen LogP contribution is 2.24. The number of amides is 2. The lowest BCUT2D eigenvalue weighted by atomic mass is 10.1. The Morgan fingerprint density at radius 3 is 2.33 bits per heavy atom. The summed E-state index contributed by atoms with van der Waals surface area (Å²) < 4.78 is 7.61. The number of ether oxygens (including phenoxy) is 1. The Morgan fingerprint density at radius 2 is 1.56 bits per heavy atom. The van der Waals surface area contributed by atoms with E-state index in [1.807, 2.05) is 83.9 Å². The number of anilines is 1. The number of unbranched alkanes of at least 4 members (excludes halogenated alkanes) is 1. The molecule has 0 unspecified atom stereocenters. The third-order valence-corrected chi connectivity index (χ3v) is 6.68. The molecule has 5 rings (SSSR count). The van der Waals surface area contributed by atoms with E-state index in [1.165, 1.54) is 5.56 Å². The molecule has 1 saturated heterocycles. The van der Waals surface area contributed by atoms with E-state index >= 15 is 0 Å². The number of morpholine rings is 1. The van der Waals surface area contributed by atoms with Crippen molar-refractivity contribution in [2.45, 2.75) is 25.8 Å². The first kappa shape index (κ1) is 23.8. The molecule has 0 spiro atoms. The fourth-order valence-electron chi connectivity index (χ4n) is 4.70. The van der Waals surface area contributed by atoms with Crippen molar-refractivity contribution in [1.29, 1.82) is 0 Å². The molecule has 1 aliphatic heterocycles. The van der Waals surface area contributed by atoms with Crippen molar-refractivity contribution in [2.24, 2.45) is 0 Å². The number of carbonyl (C=O) groups excluding carboxylic acids is 2. The molecule has 0 radical (unpaired) electrons. The minimum atomic E-state index is -0.102. The number of nitrogens with one attached hydrogen (secondary N) is 1. The number of hydrogen-bond donors (Lipinski definition) is 1. The molecule has 1 aromatic heterocycles. The molecule has 0 atom stereocenters. The molecule has 3 aromatic carbocycles. The van der Waals surface area contributed by atoms with Gasteiger partial charge in [0.05, 0.1) is 18.8 Å². The van der Waals surface area contributed by atoms with Gasteiger partial charge in [-0.15, -0.1) is 0 Å². The smallest absolute Gasteiger partial charge is 0.256 e. The summed E-state index contributed by atoms with van der Waals surface area (Å²) in [6.45, 7) is 3.34. The summed E-state index contributed by atoms with van der Waals surface area (Å²) in [7, 11) is 0. The molecule has 1 fully saturated rings. The minimum Gasteiger partial charge on any atom is -0.378 e. The first-order chi connectivity index (χ1) is 17.7. The number of carbonyl (C=O) groups is 2. The standard InChI is InChI=1S/C30H31N3O3/c34-29(31-25-9-2-1-3-10-25)24-15-13-23(14-16-24)8-6-7-17-33-22-27(26-11-4-5-12-28(26)33)30(35)32-18-20-36-21-19-32/h1-5,9-16,22H,6-8,17-21H2,(H,31,34). The van der Waals surface area contributed by atoms with Crippen molar-refractivity contribution in [3.63, 3.8) is 0 Å². The minimum absolute atomic E-state index is 0.0876. The largest absolute Gasteiger partial charge is 0.378 e. The Bertz CT molecular complexity index is 1320. The van der Waals surface area contributed by atoms with Gasteiger partial charge in [-0.3, -0.25) is 9.59 Å². The number of aromatic nitrogens is 1. The van der Waals surface area contributed by atoms with Crippen molar-refractivity contribution < 1.29 is 14.3 Å². The number of aryl methyl sites for hydroxylation is 2. The summed E-state index contributed by atoms with van der Waals surface area (Å²) in [5.74, 6) is -0.0145. The molecule has 6 nitrogen and oxygen atoms in total. The highest BCUT2D eigenvalue weighted by molar-refractivity contribution is 6.07. The lowest BCUT2D eigenvalue weighted by Gasteiger charge is -2.26. The van der Waals surface area contributed by atoms with Crippen LogP contribution in [-0.2, 0) is 17.7 Å². The molecule has 2 amide bonds. The summed E-state index contributed by atoms with van der Waals surface area (Å²) in [5.41, 5.74) is 4.53. The van der Waals surface area contributed by atoms with Crippen LogP contribution in [0.25, 0.3) is 10.9 Å². The van der Waals surface area contributed by atoms with E-state index in [0.29, 0.717) is 31.9 Å². The quantitative estimate of drug-likeness (QED) is 0.343. The average Bonchev–Trinajstić information content (AvgIpc) is 3.30. The number of benzene rings is 3. The summed E-state index contributed by atoms with van der Waals surface area (Å²) in [5, 5.41) is 3.93. The van der Waals surface area contributed by atoms with Crippen LogP contribution in [0.4, 0.5) is 5.69 Å². The lowest BCUT2D eigenvalue weighted by molar-refractivity contribution is 0.0304. The number of nitrogens with zero attached hydrogens (tertiary/aromatic N) is 2. The van der Waals surface area contributed by atoms with Crippen LogP contribution < -0.4 is 5.32 Å². The van der Waals surface area contributed by atoms with Gasteiger partial charge in [-0.2, -0.15) is 0 Å². The van der Waals surface area contributed by atoms with Crippen LogP contribution in [0.2, 0.25) is 0 Å². The van der Waals surface area contributed by atoms with Gasteiger partial charge in [-0.1, -0.05) is 48.5 Å². The number of para-hydroxylation sites is 2. The maximum atomic E-state index is 13.1. The number of rotatable bonds is 8. The van der Waals surface area contributed by atoms with Gasteiger partial charge in [0.15, 0.2) is 0 Å². The van der Waals surface area contributed by atoms with Crippen molar-refractivity contribution in [3.05, 3.63) is 102 Å². The molecule has 36 heavy (non-hydrogen) atoms. The van der Waals surface area contributed by atoms with Gasteiger partial charge in [-0.05, 0) is 55.2 Å². The van der Waals surface area contributed by atoms with Crippen LogP contribution in [0.15, 0.2) is 85.1 Å². The fourth-order valence-corrected chi connectivity index (χ4v) is 4.70. The zero-order chi connectivity index (χ0) is 24.7. The van der Waals surface area contributed by atoms with E-state index in [0.717, 1.165) is 48.0 Å². The van der Waals surface area contributed by atoms with Gasteiger partial charge in [0, 0.05) is 48.0 Å². The molecular weight excluding hydrogens is 450 g/mol. The Balaban J connectivity index is 1.17. The molecule has 4 aromatic rings. The van der Waals surface area contributed by atoms with Crippen LogP contribution in [-0.4, -0.2) is 47.6 Å². The Kier molecular flexibility index (Phi) is 7.43. The lowest BCUT2D eigenvalue weighted by Crippen LogP contribution is -2.40. The van der Waals surface area contributed by atoms with Gasteiger partial charge >= 0.3 is 0 Å². The zero-order valence-electron chi connectivity index (χ0n) is 20.4. The number of hydrogen-bond acceptors (Lipinski definition) is 3. The SMILES string of the molecule is O=C(Nc1ccccc1)c1ccc(CCCCn2cc(C(=O)N3CCOCC3)c3ccccc32)cc1. The molecule has 0 bridgehead atoms. The first-order valence-electron chi connectivity index (χ1n) is 12.6. The predicted octanol–water partition coefficient (Wildman–Crippen LogP) is 5.39. The van der Waals surface area contributed by atoms with Gasteiger partial charge in [-0.25, -0.2) is 0 Å². The molecule has 0 saturated carbocycles. The van der Waals surface area contributed by atoms with E-state index in [1.54, 1.807) is 0 Å². The molecule has 1 aliphatic rings. The molecule has 1 N–H and O–H groups in total. The predicted molar refractivity (Wildman–Crippen MR) is 142 cm³/mol. The van der Waals surface area contributed by atoms with Crippen LogP contribution >= 0.6 is 0 Å². The number of fused-ring (bicyclic) bond motifs is 1. The fraction of sp³-hybridized carbons (Fsp3) is 0.267. The Morgan fingerprint density at radius 1 is 0.833 bits per heavy atom. The monoisotopic (exact) mass is 481 g/mol. The topological polar surface area (TPSA) is 63.6 Å². The van der Waals surface area contributed by atoms with Crippen molar-refractivity contribution in [3.8, 4) is 0 Å². The van der Waals surface area contributed by atoms with Crippen molar-refractivity contribution in [2.75, 3.05) is 31.6 Å². The van der Waals surface area contributed by atoms with Crippen LogP contribution in [0, 0.1) is 0 Å². The van der Waals surface area contributed by atoms with E-state index in [4.69, 9.17) is 4.74 Å². The van der Waals surface area contributed by atoms with Gasteiger partial charge in [0.2, 0.25) is 0 Å². The maximum Gasteiger partial charge on any atom is 0.256 e. The summed E-state index contributed by atoms with van der Waals surface area (Å²) in [6, 6.07) is 25.5. The Hall–Kier alpha value is -3.90. The van der Waals surface area contributed by atoms with Crippen LogP contribution in [0.5, 0.6) is 0 Å². The molecule has 184 valence electrons. The van der Waals surface area contributed by atoms with Crippen molar-refractivity contribution >= 4 is 28.4 Å².